The van der Waals surface area contributed by atoms with E-state index in [1.54, 1.807) is 0 Å². The number of fused-ring (bicyclic) bond motifs is 2. The quantitative estimate of drug-likeness (QED) is 0.184. The fourth-order valence-electron chi connectivity index (χ4n) is 3.77. The summed E-state index contributed by atoms with van der Waals surface area (Å²) in [7, 11) is 0. The highest BCUT2D eigenvalue weighted by Crippen LogP contribution is 2.44. The minimum Gasteiger partial charge on any atom is -0.481 e. The highest BCUT2D eigenvalue weighted by molar-refractivity contribution is 6.12. The summed E-state index contributed by atoms with van der Waals surface area (Å²) in [5, 5.41) is 3.28. The van der Waals surface area contributed by atoms with Gasteiger partial charge in [-0.15, -0.1) is 0 Å². The van der Waals surface area contributed by atoms with E-state index in [-0.39, 0.29) is 13.2 Å². The third kappa shape index (κ3) is 5.99. The average Bonchev–Trinajstić information content (AvgIpc) is 2.83. The number of ether oxygens (including phenoxy) is 4. The van der Waals surface area contributed by atoms with Crippen LogP contribution in [0, 0.1) is 13.8 Å². The van der Waals surface area contributed by atoms with Crippen LogP contribution in [0.1, 0.15) is 50.7 Å². The Hall–Kier alpha value is -3.28. The Morgan fingerprint density at radius 1 is 0.706 bits per heavy atom. The first-order valence-electron chi connectivity index (χ1n) is 12.0. The van der Waals surface area contributed by atoms with Crippen LogP contribution in [0.25, 0.3) is 21.5 Å². The summed E-state index contributed by atoms with van der Waals surface area (Å²) in [6.45, 7) is 8.54. The molecule has 0 spiro atoms. The summed E-state index contributed by atoms with van der Waals surface area (Å²) >= 11 is 0. The van der Waals surface area contributed by atoms with Crippen molar-refractivity contribution in [2.45, 2.75) is 53.4 Å². The van der Waals surface area contributed by atoms with Crippen LogP contribution >= 0.6 is 0 Å². The van der Waals surface area contributed by atoms with E-state index >= 15 is 0 Å². The molecule has 6 nitrogen and oxygen atoms in total. The summed E-state index contributed by atoms with van der Waals surface area (Å²) in [6.07, 6.45) is 3.55. The highest BCUT2D eigenvalue weighted by atomic mass is 16.6. The maximum atomic E-state index is 12.2. The van der Waals surface area contributed by atoms with E-state index in [0.29, 0.717) is 24.7 Å². The van der Waals surface area contributed by atoms with Gasteiger partial charge in [0.05, 0.1) is 13.2 Å². The van der Waals surface area contributed by atoms with Crippen molar-refractivity contribution in [1.29, 1.82) is 0 Å². The molecule has 0 amide bonds. The molecule has 3 rings (SSSR count). The number of benzene rings is 3. The Morgan fingerprint density at radius 2 is 1.24 bits per heavy atom. The zero-order chi connectivity index (χ0) is 24.5. The summed E-state index contributed by atoms with van der Waals surface area (Å²) in [4.78, 5) is 24.5. The molecule has 34 heavy (non-hydrogen) atoms. The molecule has 6 heteroatoms. The molecule has 0 bridgehead atoms. The maximum Gasteiger partial charge on any atom is 0.344 e. The van der Waals surface area contributed by atoms with Crippen molar-refractivity contribution in [2.75, 3.05) is 26.4 Å². The summed E-state index contributed by atoms with van der Waals surface area (Å²) in [5.74, 6) is 0.409. The Morgan fingerprint density at radius 3 is 1.79 bits per heavy atom. The van der Waals surface area contributed by atoms with E-state index in [4.69, 9.17) is 18.9 Å². The fourth-order valence-corrected chi connectivity index (χ4v) is 3.77. The molecule has 3 aromatic rings. The maximum absolute atomic E-state index is 12.2. The lowest BCUT2D eigenvalue weighted by molar-refractivity contribution is -0.146. The summed E-state index contributed by atoms with van der Waals surface area (Å²) < 4.78 is 22.7. The molecule has 0 N–H and O–H groups in total. The summed E-state index contributed by atoms with van der Waals surface area (Å²) in [5.41, 5.74) is 2.11. The number of rotatable bonds is 12. The molecule has 0 unspecified atom stereocenters. The smallest absolute Gasteiger partial charge is 0.344 e. The van der Waals surface area contributed by atoms with Crippen LogP contribution in [0.5, 0.6) is 11.5 Å². The molecule has 0 aliphatic heterocycles. The van der Waals surface area contributed by atoms with Gasteiger partial charge in [0, 0.05) is 21.5 Å². The molecule has 0 saturated carbocycles. The Kier molecular flexibility index (Phi) is 9.14. The van der Waals surface area contributed by atoms with Gasteiger partial charge >= 0.3 is 11.9 Å². The van der Waals surface area contributed by atoms with E-state index in [2.05, 4.69) is 0 Å². The van der Waals surface area contributed by atoms with E-state index in [1.807, 2.05) is 64.1 Å². The van der Waals surface area contributed by atoms with Gasteiger partial charge in [0.15, 0.2) is 13.2 Å². The van der Waals surface area contributed by atoms with Gasteiger partial charge in [-0.05, 0) is 37.8 Å². The molecule has 0 aliphatic rings. The predicted octanol–water partition coefficient (Wildman–Crippen LogP) is 6.05. The van der Waals surface area contributed by atoms with Crippen molar-refractivity contribution in [3.63, 3.8) is 0 Å². The normalized spacial score (nSPS) is 10.9. The Labute approximate surface area is 201 Å². The second-order valence-electron chi connectivity index (χ2n) is 8.36. The molecular weight excluding hydrogens is 432 g/mol. The first-order valence-corrected chi connectivity index (χ1v) is 12.0. The van der Waals surface area contributed by atoms with Crippen LogP contribution < -0.4 is 9.47 Å². The van der Waals surface area contributed by atoms with Crippen LogP contribution in [-0.2, 0) is 19.1 Å². The number of unbranched alkanes of at least 4 members (excludes halogenated alkanes) is 2. The van der Waals surface area contributed by atoms with E-state index in [0.717, 1.165) is 58.4 Å². The number of hydrogen-bond acceptors (Lipinski definition) is 6. The van der Waals surface area contributed by atoms with Gasteiger partial charge in [-0.25, -0.2) is 9.59 Å². The molecule has 0 heterocycles. The average molecular weight is 467 g/mol. The number of aryl methyl sites for hydroxylation is 2. The Balaban J connectivity index is 2.00. The number of carbonyl (C=O) groups excluding carboxylic acids is 2. The topological polar surface area (TPSA) is 71.1 Å². The van der Waals surface area contributed by atoms with Crippen molar-refractivity contribution in [3.8, 4) is 11.5 Å². The van der Waals surface area contributed by atoms with Crippen molar-refractivity contribution < 1.29 is 28.5 Å². The number of hydrogen-bond donors (Lipinski definition) is 0. The van der Waals surface area contributed by atoms with Crippen LogP contribution in [0.2, 0.25) is 0 Å². The minimum absolute atomic E-state index is 0.180. The molecular formula is C28H34O6. The fraction of sp³-hybridized carbons (Fsp3) is 0.429. The zero-order valence-corrected chi connectivity index (χ0v) is 20.6. The third-order valence-corrected chi connectivity index (χ3v) is 5.81. The third-order valence-electron chi connectivity index (χ3n) is 5.81. The number of esters is 2. The molecule has 0 atom stereocenters. The lowest BCUT2D eigenvalue weighted by Crippen LogP contribution is -2.17. The SMILES string of the molecule is CCCCOC(=O)COc1c2ccccc2c(OCC(=O)OCCCC)c2c(C)c(C)ccc12. The Bertz CT molecular complexity index is 1150. The lowest BCUT2D eigenvalue weighted by atomic mass is 9.95. The molecule has 0 aromatic heterocycles. The summed E-state index contributed by atoms with van der Waals surface area (Å²) in [6, 6.07) is 11.7. The first-order chi connectivity index (χ1) is 16.5. The van der Waals surface area contributed by atoms with E-state index in [1.165, 1.54) is 0 Å². The zero-order valence-electron chi connectivity index (χ0n) is 20.6. The van der Waals surface area contributed by atoms with Crippen molar-refractivity contribution in [2.24, 2.45) is 0 Å². The molecule has 0 aliphatic carbocycles. The highest BCUT2D eigenvalue weighted by Gasteiger charge is 2.20. The van der Waals surface area contributed by atoms with Crippen molar-refractivity contribution >= 4 is 33.5 Å². The minimum atomic E-state index is -0.398. The number of carbonyl (C=O) groups is 2. The van der Waals surface area contributed by atoms with Gasteiger partial charge in [-0.1, -0.05) is 63.1 Å². The second-order valence-corrected chi connectivity index (χ2v) is 8.36. The standard InChI is InChI=1S/C28H34O6/c1-5-7-15-31-24(29)17-33-27-21-11-9-10-12-22(21)28(34-18-25(30)32-16-8-6-2)26-20(4)19(3)13-14-23(26)27/h9-14H,5-8,15-18H2,1-4H3. The molecule has 0 fully saturated rings. The van der Waals surface area contributed by atoms with Crippen LogP contribution in [0.3, 0.4) is 0 Å². The van der Waals surface area contributed by atoms with Crippen molar-refractivity contribution in [1.82, 2.24) is 0 Å². The first kappa shape index (κ1) is 25.3. The molecule has 182 valence electrons. The van der Waals surface area contributed by atoms with Gasteiger partial charge in [0.25, 0.3) is 0 Å². The monoisotopic (exact) mass is 466 g/mol. The van der Waals surface area contributed by atoms with Gasteiger partial charge < -0.3 is 18.9 Å². The van der Waals surface area contributed by atoms with Gasteiger partial charge in [-0.2, -0.15) is 0 Å². The molecule has 0 saturated heterocycles. The van der Waals surface area contributed by atoms with Crippen LogP contribution in [0.15, 0.2) is 36.4 Å². The van der Waals surface area contributed by atoms with Gasteiger partial charge in [-0.3, -0.25) is 0 Å². The van der Waals surface area contributed by atoms with Gasteiger partial charge in [0.2, 0.25) is 0 Å². The van der Waals surface area contributed by atoms with Crippen LogP contribution in [-0.4, -0.2) is 38.4 Å². The van der Waals surface area contributed by atoms with Crippen molar-refractivity contribution in [3.05, 3.63) is 47.5 Å². The second kappa shape index (κ2) is 12.3. The predicted molar refractivity (Wildman–Crippen MR) is 134 cm³/mol. The molecule has 3 aromatic carbocycles. The molecule has 0 radical (unpaired) electrons. The lowest BCUT2D eigenvalue weighted by Gasteiger charge is -2.19. The van der Waals surface area contributed by atoms with Crippen LogP contribution in [0.4, 0.5) is 0 Å². The van der Waals surface area contributed by atoms with Gasteiger partial charge in [0.1, 0.15) is 11.5 Å². The largest absolute Gasteiger partial charge is 0.481 e. The van der Waals surface area contributed by atoms with E-state index < -0.39 is 11.9 Å². The van der Waals surface area contributed by atoms with E-state index in [9.17, 15) is 9.59 Å².